The fourth-order valence-electron chi connectivity index (χ4n) is 3.88. The molecule has 1 unspecified atom stereocenters. The van der Waals surface area contributed by atoms with Gasteiger partial charge in [-0.05, 0) is 44.5 Å². The number of rotatable bonds is 6. The Morgan fingerprint density at radius 1 is 1.23 bits per heavy atom. The highest BCUT2D eigenvalue weighted by molar-refractivity contribution is 5.97. The van der Waals surface area contributed by atoms with E-state index in [1.165, 1.54) is 19.2 Å². The van der Waals surface area contributed by atoms with E-state index in [1.807, 2.05) is 25.5 Å². The van der Waals surface area contributed by atoms with E-state index >= 15 is 0 Å². The lowest BCUT2D eigenvalue weighted by atomic mass is 10.0. The van der Waals surface area contributed by atoms with Crippen LogP contribution in [0, 0.1) is 17.6 Å². The second-order valence-electron chi connectivity index (χ2n) is 8.37. The van der Waals surface area contributed by atoms with Crippen molar-refractivity contribution in [2.45, 2.75) is 45.8 Å². The second-order valence-corrected chi connectivity index (χ2v) is 8.37. The summed E-state index contributed by atoms with van der Waals surface area (Å²) < 4.78 is 29.8. The van der Waals surface area contributed by atoms with Crippen molar-refractivity contribution >= 4 is 11.8 Å². The van der Waals surface area contributed by atoms with Crippen LogP contribution in [0.4, 0.5) is 8.78 Å². The zero-order valence-corrected chi connectivity index (χ0v) is 18.3. The number of hydrogen-bond donors (Lipinski definition) is 2. The van der Waals surface area contributed by atoms with Crippen molar-refractivity contribution in [2.75, 3.05) is 20.6 Å². The van der Waals surface area contributed by atoms with Gasteiger partial charge >= 0.3 is 0 Å². The molecule has 168 valence electrons. The van der Waals surface area contributed by atoms with Crippen molar-refractivity contribution in [1.29, 1.82) is 0 Å². The van der Waals surface area contributed by atoms with Crippen LogP contribution in [0.15, 0.2) is 18.2 Å². The van der Waals surface area contributed by atoms with Crippen LogP contribution in [0.1, 0.15) is 42.9 Å². The summed E-state index contributed by atoms with van der Waals surface area (Å²) in [4.78, 5) is 32.0. The molecule has 9 heteroatoms. The monoisotopic (exact) mass is 433 g/mol. The molecular weight excluding hydrogens is 404 g/mol. The van der Waals surface area contributed by atoms with Gasteiger partial charge in [0.2, 0.25) is 5.91 Å². The summed E-state index contributed by atoms with van der Waals surface area (Å²) in [5, 5.41) is 5.37. The Bertz CT molecular complexity index is 973. The van der Waals surface area contributed by atoms with Crippen molar-refractivity contribution in [3.8, 4) is 11.4 Å². The van der Waals surface area contributed by atoms with Crippen molar-refractivity contribution in [2.24, 2.45) is 5.92 Å². The molecule has 2 N–H and O–H groups in total. The number of benzene rings is 1. The molecule has 2 heterocycles. The second kappa shape index (κ2) is 9.55. The average molecular weight is 434 g/mol. The smallest absolute Gasteiger partial charge is 0.272 e. The third kappa shape index (κ3) is 5.10. The zero-order valence-electron chi connectivity index (χ0n) is 18.3. The maximum atomic E-state index is 14.5. The first-order valence-electron chi connectivity index (χ1n) is 10.5. The van der Waals surface area contributed by atoms with Gasteiger partial charge in [0.1, 0.15) is 23.5 Å². The van der Waals surface area contributed by atoms with Gasteiger partial charge in [-0.1, -0.05) is 13.8 Å². The van der Waals surface area contributed by atoms with Gasteiger partial charge in [0.05, 0.1) is 11.3 Å². The first-order valence-corrected chi connectivity index (χ1v) is 10.5. The maximum absolute atomic E-state index is 14.5. The molecule has 1 aliphatic heterocycles. The third-order valence-electron chi connectivity index (χ3n) is 5.38. The van der Waals surface area contributed by atoms with Gasteiger partial charge in [-0.2, -0.15) is 0 Å². The number of amides is 2. The molecule has 0 bridgehead atoms. The number of fused-ring (bicyclic) bond motifs is 1. The largest absolute Gasteiger partial charge is 0.357 e. The van der Waals surface area contributed by atoms with Crippen molar-refractivity contribution in [1.82, 2.24) is 25.1 Å². The molecule has 1 aliphatic rings. The number of likely N-dealkylation sites (N-methyl/N-ethyl adjacent to an activating group) is 1. The first kappa shape index (κ1) is 22.9. The molecular formula is C22H29F2N5O2. The van der Waals surface area contributed by atoms with Gasteiger partial charge in [0.25, 0.3) is 5.91 Å². The van der Waals surface area contributed by atoms with Crippen LogP contribution in [-0.4, -0.2) is 52.9 Å². The average Bonchev–Trinajstić information content (AvgIpc) is 2.92. The van der Waals surface area contributed by atoms with E-state index in [0.29, 0.717) is 25.2 Å². The lowest BCUT2D eigenvalue weighted by molar-refractivity contribution is -0.122. The number of nitrogens with zero attached hydrogens (tertiary/aromatic N) is 3. The Kier molecular flexibility index (Phi) is 7.04. The summed E-state index contributed by atoms with van der Waals surface area (Å²) >= 11 is 0. The number of halogens is 2. The molecule has 2 aromatic rings. The zero-order chi connectivity index (χ0) is 22.7. The lowest BCUT2D eigenvalue weighted by Crippen LogP contribution is -2.46. The van der Waals surface area contributed by atoms with Crippen LogP contribution in [0.3, 0.4) is 0 Å². The minimum Gasteiger partial charge on any atom is -0.357 e. The molecule has 1 atom stereocenters. The van der Waals surface area contributed by atoms with E-state index in [9.17, 15) is 18.4 Å². The number of carbonyl (C=O) groups is 2. The van der Waals surface area contributed by atoms with Crippen molar-refractivity contribution in [3.63, 3.8) is 0 Å². The fourth-order valence-corrected chi connectivity index (χ4v) is 3.88. The Morgan fingerprint density at radius 3 is 2.61 bits per heavy atom. The normalized spacial score (nSPS) is 15.3. The summed E-state index contributed by atoms with van der Waals surface area (Å²) in [6.45, 7) is 5.75. The summed E-state index contributed by atoms with van der Waals surface area (Å²) in [5.74, 6) is -1.70. The molecule has 0 aliphatic carbocycles. The standard InChI is InChI=1S/C22H29F2N5O2/c1-13(2)10-17(21(30)25-3)26-22(31)19-18-12-28(4)8-5-9-29(18)20(27-19)15-7-6-14(23)11-16(15)24/h6-7,11,13,17H,5,8-10,12H2,1-4H3,(H,25,30)(H,26,31). The van der Waals surface area contributed by atoms with Crippen LogP contribution >= 0.6 is 0 Å². The van der Waals surface area contributed by atoms with Crippen LogP contribution in [-0.2, 0) is 17.9 Å². The molecule has 0 spiro atoms. The number of carbonyl (C=O) groups excluding carboxylic acids is 2. The quantitative estimate of drug-likeness (QED) is 0.734. The molecule has 7 nitrogen and oxygen atoms in total. The van der Waals surface area contributed by atoms with E-state index < -0.39 is 23.6 Å². The molecule has 1 aromatic heterocycles. The predicted molar refractivity (Wildman–Crippen MR) is 113 cm³/mol. The van der Waals surface area contributed by atoms with Gasteiger partial charge < -0.3 is 20.1 Å². The van der Waals surface area contributed by atoms with E-state index in [4.69, 9.17) is 0 Å². The van der Waals surface area contributed by atoms with Crippen LogP contribution in [0.5, 0.6) is 0 Å². The minimum absolute atomic E-state index is 0.135. The van der Waals surface area contributed by atoms with Crippen molar-refractivity contribution < 1.29 is 18.4 Å². The summed E-state index contributed by atoms with van der Waals surface area (Å²) in [6, 6.07) is 2.61. The minimum atomic E-state index is -0.736. The summed E-state index contributed by atoms with van der Waals surface area (Å²) in [6.07, 6.45) is 1.27. The number of imidazole rings is 1. The van der Waals surface area contributed by atoms with Crippen LogP contribution < -0.4 is 10.6 Å². The maximum Gasteiger partial charge on any atom is 0.272 e. The Labute approximate surface area is 180 Å². The molecule has 1 aromatic carbocycles. The summed E-state index contributed by atoms with van der Waals surface area (Å²) in [7, 11) is 3.46. The Hall–Kier alpha value is -2.81. The molecule has 0 fully saturated rings. The van der Waals surface area contributed by atoms with Gasteiger partial charge in [-0.25, -0.2) is 13.8 Å². The lowest BCUT2D eigenvalue weighted by Gasteiger charge is -2.19. The highest BCUT2D eigenvalue weighted by atomic mass is 19.1. The highest BCUT2D eigenvalue weighted by Gasteiger charge is 2.29. The third-order valence-corrected chi connectivity index (χ3v) is 5.38. The van der Waals surface area contributed by atoms with Gasteiger partial charge in [0, 0.05) is 26.2 Å². The molecule has 0 saturated heterocycles. The van der Waals surface area contributed by atoms with E-state index in [2.05, 4.69) is 20.5 Å². The SMILES string of the molecule is CNC(=O)C(CC(C)C)NC(=O)c1nc(-c2ccc(F)cc2F)n2c1CN(C)CCC2. The highest BCUT2D eigenvalue weighted by Crippen LogP contribution is 2.28. The molecule has 0 saturated carbocycles. The molecule has 31 heavy (non-hydrogen) atoms. The van der Waals surface area contributed by atoms with Crippen LogP contribution in [0.2, 0.25) is 0 Å². The predicted octanol–water partition coefficient (Wildman–Crippen LogP) is 2.55. The number of hydrogen-bond acceptors (Lipinski definition) is 4. The van der Waals surface area contributed by atoms with Gasteiger partial charge in [-0.15, -0.1) is 0 Å². The molecule has 2 amide bonds. The summed E-state index contributed by atoms with van der Waals surface area (Å²) in [5.41, 5.74) is 0.942. The number of nitrogens with one attached hydrogen (secondary N) is 2. The van der Waals surface area contributed by atoms with Gasteiger partial charge in [-0.3, -0.25) is 9.59 Å². The van der Waals surface area contributed by atoms with Crippen molar-refractivity contribution in [3.05, 3.63) is 41.2 Å². The topological polar surface area (TPSA) is 79.3 Å². The van der Waals surface area contributed by atoms with E-state index in [-0.39, 0.29) is 28.9 Å². The fraction of sp³-hybridized carbons (Fsp3) is 0.500. The first-order chi connectivity index (χ1) is 14.7. The Balaban J connectivity index is 2.04. The van der Waals surface area contributed by atoms with E-state index in [1.54, 1.807) is 0 Å². The molecule has 0 radical (unpaired) electrons. The van der Waals surface area contributed by atoms with E-state index in [0.717, 1.165) is 19.0 Å². The number of aromatic nitrogens is 2. The van der Waals surface area contributed by atoms with Crippen LogP contribution in [0.25, 0.3) is 11.4 Å². The molecule has 3 rings (SSSR count). The van der Waals surface area contributed by atoms with Gasteiger partial charge in [0.15, 0.2) is 5.69 Å². The Morgan fingerprint density at radius 2 is 1.97 bits per heavy atom.